The molecule has 2 aliphatic heterocycles. The number of benzene rings is 1. The number of rotatable bonds is 9. The minimum Gasteiger partial charge on any atom is -0.383 e. The Morgan fingerprint density at radius 1 is 1.11 bits per heavy atom. The van der Waals surface area contributed by atoms with Crippen molar-refractivity contribution in [3.8, 4) is 6.07 Å². The van der Waals surface area contributed by atoms with Gasteiger partial charge in [-0.1, -0.05) is 55.5 Å². The molecule has 0 saturated carbocycles. The first kappa shape index (κ1) is 27.9. The van der Waals surface area contributed by atoms with Crippen LogP contribution in [0.3, 0.4) is 0 Å². The largest absolute Gasteiger partial charge is 0.383 e. The maximum Gasteiger partial charge on any atom is 0.270 e. The van der Waals surface area contributed by atoms with Gasteiger partial charge in [-0.3, -0.25) is 19.1 Å². The first-order chi connectivity index (χ1) is 18.4. The number of aromatic nitrogens is 1. The van der Waals surface area contributed by atoms with Gasteiger partial charge in [-0.2, -0.15) is 5.26 Å². The molecule has 2 fully saturated rings. The number of carbonyl (C=O) groups excluding carboxylic acids is 1. The number of nitriles is 1. The summed E-state index contributed by atoms with van der Waals surface area (Å²) in [5.74, 6) is 0.593. The SMILES string of the molecule is CCCCn1c(N2CCN(c3ccccc3)CC2)c(C=C2SC(=S)N(CCOC)C2=O)c(C)c(C#N)c1=O. The zero-order valence-electron chi connectivity index (χ0n) is 22.1. The molecule has 2 aliphatic rings. The summed E-state index contributed by atoms with van der Waals surface area (Å²) in [5, 5.41) is 9.91. The lowest BCUT2D eigenvalue weighted by Crippen LogP contribution is -2.48. The Balaban J connectivity index is 1.78. The van der Waals surface area contributed by atoms with E-state index in [1.54, 1.807) is 23.5 Å². The van der Waals surface area contributed by atoms with Crippen molar-refractivity contribution in [2.24, 2.45) is 0 Å². The van der Waals surface area contributed by atoms with Crippen molar-refractivity contribution in [2.45, 2.75) is 33.2 Å². The summed E-state index contributed by atoms with van der Waals surface area (Å²) in [6.45, 7) is 8.16. The van der Waals surface area contributed by atoms with Crippen LogP contribution in [0.25, 0.3) is 6.08 Å². The zero-order valence-corrected chi connectivity index (χ0v) is 23.7. The Morgan fingerprint density at radius 2 is 1.79 bits per heavy atom. The molecule has 2 aromatic rings. The lowest BCUT2D eigenvalue weighted by molar-refractivity contribution is -0.122. The lowest BCUT2D eigenvalue weighted by atomic mass is 10.0. The fraction of sp³-hybridized carbons (Fsp3) is 0.429. The van der Waals surface area contributed by atoms with Crippen molar-refractivity contribution in [2.75, 3.05) is 56.2 Å². The molecule has 0 atom stereocenters. The number of nitrogens with zero attached hydrogens (tertiary/aromatic N) is 5. The summed E-state index contributed by atoms with van der Waals surface area (Å²) in [7, 11) is 1.59. The number of unbranched alkanes of at least 4 members (excludes halogenated alkanes) is 1. The third kappa shape index (κ3) is 5.65. The number of carbonyl (C=O) groups is 1. The van der Waals surface area contributed by atoms with Crippen LogP contribution >= 0.6 is 24.0 Å². The number of amides is 1. The third-order valence-corrected chi connectivity index (χ3v) is 8.33. The second-order valence-corrected chi connectivity index (χ2v) is 11.0. The molecule has 3 heterocycles. The standard InChI is InChI=1S/C28H33N5O3S2/c1-4-5-11-32-25(31-14-12-30(13-15-31)21-9-7-6-8-10-21)22(20(2)23(19-29)26(32)34)18-24-27(35)33(16-17-36-3)28(37)38-24/h6-10,18H,4-5,11-17H2,1-3H3. The smallest absolute Gasteiger partial charge is 0.270 e. The van der Waals surface area contributed by atoms with Gasteiger partial charge in [-0.15, -0.1) is 0 Å². The summed E-state index contributed by atoms with van der Waals surface area (Å²) < 4.78 is 7.36. The molecular formula is C28H33N5O3S2. The highest BCUT2D eigenvalue weighted by atomic mass is 32.2. The quantitative estimate of drug-likeness (QED) is 0.342. The molecule has 10 heteroatoms. The molecule has 1 amide bonds. The van der Waals surface area contributed by atoms with Gasteiger partial charge < -0.3 is 14.5 Å². The van der Waals surface area contributed by atoms with E-state index in [1.165, 1.54) is 17.4 Å². The van der Waals surface area contributed by atoms with Crippen LogP contribution < -0.4 is 15.4 Å². The summed E-state index contributed by atoms with van der Waals surface area (Å²) in [6.07, 6.45) is 3.55. The first-order valence-electron chi connectivity index (χ1n) is 12.9. The first-order valence-corrected chi connectivity index (χ1v) is 14.1. The number of methoxy groups -OCH3 is 1. The Hall–Kier alpha value is -3.13. The number of thioether (sulfide) groups is 1. The molecule has 38 heavy (non-hydrogen) atoms. The molecular weight excluding hydrogens is 518 g/mol. The minimum atomic E-state index is -0.274. The molecule has 0 unspecified atom stereocenters. The van der Waals surface area contributed by atoms with Gasteiger partial charge in [0.05, 0.1) is 18.1 Å². The van der Waals surface area contributed by atoms with Crippen LogP contribution in [-0.4, -0.2) is 66.1 Å². The zero-order chi connectivity index (χ0) is 27.2. The number of anilines is 2. The fourth-order valence-electron chi connectivity index (χ4n) is 4.83. The highest BCUT2D eigenvalue weighted by Gasteiger charge is 2.33. The van der Waals surface area contributed by atoms with E-state index in [0.29, 0.717) is 47.6 Å². The lowest BCUT2D eigenvalue weighted by Gasteiger charge is -2.39. The average molecular weight is 552 g/mol. The maximum atomic E-state index is 13.5. The van der Waals surface area contributed by atoms with Crippen molar-refractivity contribution in [1.29, 1.82) is 5.26 Å². The van der Waals surface area contributed by atoms with Crippen LogP contribution in [0.15, 0.2) is 40.0 Å². The number of hydrogen-bond acceptors (Lipinski definition) is 8. The van der Waals surface area contributed by atoms with Gasteiger partial charge in [0.25, 0.3) is 11.5 Å². The summed E-state index contributed by atoms with van der Waals surface area (Å²) in [6, 6.07) is 12.4. The molecule has 8 nitrogen and oxygen atoms in total. The van der Waals surface area contributed by atoms with Crippen LogP contribution in [0.1, 0.15) is 36.5 Å². The van der Waals surface area contributed by atoms with Crippen LogP contribution in [0.4, 0.5) is 11.5 Å². The van der Waals surface area contributed by atoms with Gasteiger partial charge in [-0.25, -0.2) is 0 Å². The predicted octanol–water partition coefficient (Wildman–Crippen LogP) is 4.00. The number of thiocarbonyl (C=S) groups is 1. The van der Waals surface area contributed by atoms with E-state index >= 15 is 0 Å². The Labute approximate surface area is 233 Å². The topological polar surface area (TPSA) is 81.8 Å². The van der Waals surface area contributed by atoms with E-state index in [9.17, 15) is 14.9 Å². The number of hydrogen-bond donors (Lipinski definition) is 0. The highest BCUT2D eigenvalue weighted by molar-refractivity contribution is 8.26. The molecule has 0 aliphatic carbocycles. The number of pyridine rings is 1. The van der Waals surface area contributed by atoms with Crippen molar-refractivity contribution < 1.29 is 9.53 Å². The number of piperazine rings is 1. The van der Waals surface area contributed by atoms with Crippen LogP contribution in [0, 0.1) is 18.3 Å². The van der Waals surface area contributed by atoms with E-state index in [-0.39, 0.29) is 17.0 Å². The fourth-order valence-corrected chi connectivity index (χ4v) is 6.12. The monoisotopic (exact) mass is 551 g/mol. The normalized spacial score (nSPS) is 17.0. The molecule has 1 aromatic carbocycles. The van der Waals surface area contributed by atoms with Gasteiger partial charge in [0.1, 0.15) is 21.8 Å². The van der Waals surface area contributed by atoms with Gasteiger partial charge in [0.15, 0.2) is 0 Å². The van der Waals surface area contributed by atoms with Crippen LogP contribution in [0.2, 0.25) is 0 Å². The number of ether oxygens (including phenoxy) is 1. The molecule has 0 radical (unpaired) electrons. The second kappa shape index (κ2) is 12.6. The molecule has 0 bridgehead atoms. The molecule has 4 rings (SSSR count). The molecule has 200 valence electrons. The average Bonchev–Trinajstić information content (AvgIpc) is 3.20. The van der Waals surface area contributed by atoms with E-state index < -0.39 is 0 Å². The van der Waals surface area contributed by atoms with Crippen LogP contribution in [0.5, 0.6) is 0 Å². The predicted molar refractivity (Wildman–Crippen MR) is 158 cm³/mol. The third-order valence-electron chi connectivity index (χ3n) is 6.95. The van der Waals surface area contributed by atoms with E-state index in [4.69, 9.17) is 17.0 Å². The van der Waals surface area contributed by atoms with Crippen LogP contribution in [-0.2, 0) is 16.1 Å². The molecule has 0 N–H and O–H groups in total. The van der Waals surface area contributed by atoms with Crippen molar-refractivity contribution in [3.05, 3.63) is 62.3 Å². The van der Waals surface area contributed by atoms with Gasteiger partial charge in [0.2, 0.25) is 0 Å². The van der Waals surface area contributed by atoms with E-state index in [1.807, 2.05) is 24.3 Å². The van der Waals surface area contributed by atoms with Gasteiger partial charge >= 0.3 is 0 Å². The van der Waals surface area contributed by atoms with E-state index in [0.717, 1.165) is 37.3 Å². The Morgan fingerprint density at radius 3 is 2.42 bits per heavy atom. The highest BCUT2D eigenvalue weighted by Crippen LogP contribution is 2.36. The molecule has 0 spiro atoms. The Bertz CT molecular complexity index is 1320. The summed E-state index contributed by atoms with van der Waals surface area (Å²) in [4.78, 5) is 33.4. The minimum absolute atomic E-state index is 0.119. The Kier molecular flexibility index (Phi) is 9.26. The van der Waals surface area contributed by atoms with Crippen molar-refractivity contribution in [3.63, 3.8) is 0 Å². The van der Waals surface area contributed by atoms with Crippen molar-refractivity contribution in [1.82, 2.24) is 9.47 Å². The molecule has 1 aromatic heterocycles. The van der Waals surface area contributed by atoms with Gasteiger partial charge in [0, 0.05) is 51.1 Å². The van der Waals surface area contributed by atoms with E-state index in [2.05, 4.69) is 34.9 Å². The number of para-hydroxylation sites is 1. The summed E-state index contributed by atoms with van der Waals surface area (Å²) in [5.41, 5.74) is 2.34. The summed E-state index contributed by atoms with van der Waals surface area (Å²) >= 11 is 6.72. The second-order valence-electron chi connectivity index (χ2n) is 9.30. The van der Waals surface area contributed by atoms with Gasteiger partial charge in [-0.05, 0) is 37.1 Å². The molecule has 2 saturated heterocycles. The van der Waals surface area contributed by atoms with Crippen molar-refractivity contribution >= 4 is 51.8 Å². The maximum absolute atomic E-state index is 13.5.